The molecule has 0 amide bonds. The minimum atomic E-state index is -0.597. The smallest absolute Gasteiger partial charge is 0.373 e. The fraction of sp³-hybridized carbons (Fsp3) is 0.438. The van der Waals surface area contributed by atoms with Gasteiger partial charge in [-0.15, -0.1) is 0 Å². The largest absolute Gasteiger partial charge is 0.496 e. The van der Waals surface area contributed by atoms with Crippen molar-refractivity contribution >= 4 is 33.6 Å². The van der Waals surface area contributed by atoms with E-state index in [1.165, 1.54) is 7.11 Å². The van der Waals surface area contributed by atoms with Crippen molar-refractivity contribution < 1.29 is 23.9 Å². The maximum Gasteiger partial charge on any atom is 0.373 e. The Balaban J connectivity index is 0.00000135. The number of rotatable bonds is 6. The number of carbonyl (C=O) groups is 2. The molecule has 0 bridgehead atoms. The molecule has 1 atom stereocenters. The third-order valence-corrected chi connectivity index (χ3v) is 3.57. The van der Waals surface area contributed by atoms with Gasteiger partial charge in [0.15, 0.2) is 5.78 Å². The van der Waals surface area contributed by atoms with Crippen LogP contribution in [0.1, 0.15) is 37.6 Å². The molecular formula is C16H19BrO5. The van der Waals surface area contributed by atoms with Crippen molar-refractivity contribution in [2.75, 3.05) is 7.11 Å². The first-order valence-corrected chi connectivity index (χ1v) is 7.52. The summed E-state index contributed by atoms with van der Waals surface area (Å²) >= 11 is 3.34. The lowest BCUT2D eigenvalue weighted by atomic mass is 9.83. The van der Waals surface area contributed by atoms with Gasteiger partial charge in [0.05, 0.1) is 18.6 Å². The highest BCUT2D eigenvalue weighted by molar-refractivity contribution is 9.10. The molecule has 22 heavy (non-hydrogen) atoms. The molecule has 0 spiro atoms. The van der Waals surface area contributed by atoms with Gasteiger partial charge in [-0.2, -0.15) is 9.59 Å². The molecule has 0 saturated carbocycles. The second kappa shape index (κ2) is 10.0. The van der Waals surface area contributed by atoms with Crippen molar-refractivity contribution in [2.45, 2.75) is 27.2 Å². The standard InChI is InChI=1S/C15H19BrO3.CO2/c1-5-12(17)14(9(2)3)15(18)11-7-6-10(16)8-13(11)19-4;2-1-3/h6-9,14H,5H2,1-4H3;. The van der Waals surface area contributed by atoms with Gasteiger partial charge in [-0.05, 0) is 24.1 Å². The van der Waals surface area contributed by atoms with E-state index >= 15 is 0 Å². The van der Waals surface area contributed by atoms with Crippen molar-refractivity contribution in [1.82, 2.24) is 0 Å². The van der Waals surface area contributed by atoms with Gasteiger partial charge in [0.25, 0.3) is 0 Å². The normalized spacial score (nSPS) is 11.0. The highest BCUT2D eigenvalue weighted by atomic mass is 79.9. The Kier molecular flexibility index (Phi) is 9.22. The molecule has 0 radical (unpaired) electrons. The van der Waals surface area contributed by atoms with Crippen LogP contribution < -0.4 is 4.74 Å². The Labute approximate surface area is 138 Å². The van der Waals surface area contributed by atoms with Crippen LogP contribution in [0.25, 0.3) is 0 Å². The monoisotopic (exact) mass is 370 g/mol. The summed E-state index contributed by atoms with van der Waals surface area (Å²) in [6.45, 7) is 5.56. The van der Waals surface area contributed by atoms with E-state index < -0.39 is 5.92 Å². The number of carbonyl (C=O) groups excluding carboxylic acids is 4. The molecule has 0 aromatic heterocycles. The summed E-state index contributed by atoms with van der Waals surface area (Å²) < 4.78 is 6.07. The van der Waals surface area contributed by atoms with Gasteiger partial charge in [-0.25, -0.2) is 0 Å². The summed E-state index contributed by atoms with van der Waals surface area (Å²) in [6, 6.07) is 5.22. The number of ether oxygens (including phenoxy) is 1. The number of hydrogen-bond donors (Lipinski definition) is 0. The molecule has 0 aliphatic heterocycles. The Morgan fingerprint density at radius 1 is 1.27 bits per heavy atom. The van der Waals surface area contributed by atoms with Crippen LogP contribution in [-0.4, -0.2) is 24.8 Å². The average Bonchev–Trinajstić information content (AvgIpc) is 2.47. The van der Waals surface area contributed by atoms with Gasteiger partial charge in [0, 0.05) is 10.9 Å². The Morgan fingerprint density at radius 3 is 2.23 bits per heavy atom. The fourth-order valence-electron chi connectivity index (χ4n) is 2.08. The number of hydrogen-bond acceptors (Lipinski definition) is 5. The van der Waals surface area contributed by atoms with Crippen LogP contribution in [0.3, 0.4) is 0 Å². The Hall–Kier alpha value is -1.78. The number of benzene rings is 1. The lowest BCUT2D eigenvalue weighted by Gasteiger charge is -2.19. The number of methoxy groups -OCH3 is 1. The number of Topliss-reactive ketones (excluding diaryl/α,β-unsaturated/α-hetero) is 2. The summed E-state index contributed by atoms with van der Waals surface area (Å²) in [6.07, 6.45) is 0.618. The molecule has 0 aliphatic carbocycles. The zero-order valence-corrected chi connectivity index (χ0v) is 14.6. The van der Waals surface area contributed by atoms with Gasteiger partial charge in [-0.1, -0.05) is 36.7 Å². The molecule has 6 heteroatoms. The van der Waals surface area contributed by atoms with E-state index in [9.17, 15) is 9.59 Å². The van der Waals surface area contributed by atoms with Crippen LogP contribution >= 0.6 is 15.9 Å². The molecule has 0 aliphatic rings. The van der Waals surface area contributed by atoms with Crippen molar-refractivity contribution in [3.05, 3.63) is 28.2 Å². The maximum absolute atomic E-state index is 12.6. The van der Waals surface area contributed by atoms with Crippen LogP contribution in [0.4, 0.5) is 0 Å². The van der Waals surface area contributed by atoms with Crippen LogP contribution in [0.2, 0.25) is 0 Å². The first-order valence-electron chi connectivity index (χ1n) is 6.73. The maximum atomic E-state index is 12.6. The topological polar surface area (TPSA) is 77.5 Å². The first kappa shape index (κ1) is 20.2. The molecule has 0 fully saturated rings. The predicted octanol–water partition coefficient (Wildman–Crippen LogP) is 3.31. The SMILES string of the molecule is CCC(=O)C(C(=O)c1ccc(Br)cc1OC)C(C)C.O=C=O. The minimum Gasteiger partial charge on any atom is -0.496 e. The van der Waals surface area contributed by atoms with Gasteiger partial charge in [0.2, 0.25) is 0 Å². The highest BCUT2D eigenvalue weighted by Crippen LogP contribution is 2.28. The van der Waals surface area contributed by atoms with Crippen LogP contribution in [0, 0.1) is 11.8 Å². The molecule has 0 saturated heterocycles. The second-order valence-corrected chi connectivity index (χ2v) is 5.75. The van der Waals surface area contributed by atoms with Gasteiger partial charge in [-0.3, -0.25) is 9.59 Å². The summed E-state index contributed by atoms with van der Waals surface area (Å²) in [7, 11) is 1.52. The number of halogens is 1. The summed E-state index contributed by atoms with van der Waals surface area (Å²) in [5.41, 5.74) is 0.464. The molecule has 1 aromatic rings. The van der Waals surface area contributed by atoms with E-state index in [1.54, 1.807) is 25.1 Å². The zero-order chi connectivity index (χ0) is 17.3. The van der Waals surface area contributed by atoms with Crippen LogP contribution in [0.5, 0.6) is 5.75 Å². The summed E-state index contributed by atoms with van der Waals surface area (Å²) in [4.78, 5) is 40.8. The van der Waals surface area contributed by atoms with Crippen molar-refractivity contribution in [3.63, 3.8) is 0 Å². The minimum absolute atomic E-state index is 0.0201. The Bertz CT molecular complexity index is 560. The molecule has 1 unspecified atom stereocenters. The number of ketones is 2. The van der Waals surface area contributed by atoms with Crippen LogP contribution in [-0.2, 0) is 14.4 Å². The first-order chi connectivity index (χ1) is 10.3. The summed E-state index contributed by atoms with van der Waals surface area (Å²) in [5.74, 6) is -0.307. The third-order valence-electron chi connectivity index (χ3n) is 3.07. The summed E-state index contributed by atoms with van der Waals surface area (Å²) in [5, 5.41) is 0. The molecular weight excluding hydrogens is 352 g/mol. The molecule has 5 nitrogen and oxygen atoms in total. The zero-order valence-electron chi connectivity index (χ0n) is 13.0. The quantitative estimate of drug-likeness (QED) is 0.566. The molecule has 1 rings (SSSR count). The van der Waals surface area contributed by atoms with E-state index in [0.717, 1.165) is 4.47 Å². The van der Waals surface area contributed by atoms with Gasteiger partial charge in [0.1, 0.15) is 11.5 Å². The van der Waals surface area contributed by atoms with Gasteiger partial charge >= 0.3 is 6.15 Å². The Morgan fingerprint density at radius 2 is 1.82 bits per heavy atom. The van der Waals surface area contributed by atoms with E-state index in [4.69, 9.17) is 14.3 Å². The fourth-order valence-corrected chi connectivity index (χ4v) is 2.42. The highest BCUT2D eigenvalue weighted by Gasteiger charge is 2.30. The van der Waals surface area contributed by atoms with Crippen molar-refractivity contribution in [3.8, 4) is 5.75 Å². The van der Waals surface area contributed by atoms with E-state index in [-0.39, 0.29) is 23.6 Å². The average molecular weight is 371 g/mol. The lowest BCUT2D eigenvalue weighted by Crippen LogP contribution is -2.29. The van der Waals surface area contributed by atoms with Crippen LogP contribution in [0.15, 0.2) is 22.7 Å². The van der Waals surface area contributed by atoms with Crippen molar-refractivity contribution in [1.29, 1.82) is 0 Å². The lowest BCUT2D eigenvalue weighted by molar-refractivity contribution is -0.191. The molecule has 1 aromatic carbocycles. The van der Waals surface area contributed by atoms with Crippen molar-refractivity contribution in [2.24, 2.45) is 11.8 Å². The van der Waals surface area contributed by atoms with E-state index in [2.05, 4.69) is 15.9 Å². The second-order valence-electron chi connectivity index (χ2n) is 4.83. The van der Waals surface area contributed by atoms with E-state index in [0.29, 0.717) is 17.7 Å². The molecule has 0 N–H and O–H groups in total. The predicted molar refractivity (Wildman–Crippen MR) is 83.7 cm³/mol. The third kappa shape index (κ3) is 5.54. The molecule has 120 valence electrons. The van der Waals surface area contributed by atoms with Gasteiger partial charge < -0.3 is 4.74 Å². The molecule has 0 heterocycles. The van der Waals surface area contributed by atoms with E-state index in [1.807, 2.05) is 13.8 Å².